The molecule has 1 aliphatic rings. The molecule has 0 aliphatic heterocycles. The normalized spacial score (nSPS) is 13.5. The average Bonchev–Trinajstić information content (AvgIpc) is 2.70. The van der Waals surface area contributed by atoms with Crippen LogP contribution in [0.1, 0.15) is 31.8 Å². The molecular formula is C22H26F2N4O6. The minimum Gasteiger partial charge on any atom is -0.633 e. The largest absolute Gasteiger partial charge is 0.633 e. The van der Waals surface area contributed by atoms with E-state index in [9.17, 15) is 30.2 Å². The van der Waals surface area contributed by atoms with Crippen LogP contribution in [0.2, 0.25) is 0 Å². The summed E-state index contributed by atoms with van der Waals surface area (Å²) in [6.45, 7) is -0.462. The standard InChI is InChI=1S/C22H26F2N4O6/c1-27(2,33)9-7-25-19-15-16(20(18(24)17(19)23)26-8-10-28(3,4)34)22(32)14-12(30)6-5-11(29)13(14)21(15)31/h5-6,25-26,29-30H,7-10H2,1-4H3. The van der Waals surface area contributed by atoms with Gasteiger partial charge in [0.2, 0.25) is 11.6 Å². The number of rotatable bonds is 8. The molecule has 0 fully saturated rings. The van der Waals surface area contributed by atoms with Crippen LogP contribution in [0.4, 0.5) is 20.2 Å². The number of likely N-dealkylation sites (N-methyl/N-ethyl adjacent to an activating group) is 2. The van der Waals surface area contributed by atoms with E-state index in [0.29, 0.717) is 0 Å². The van der Waals surface area contributed by atoms with Gasteiger partial charge in [-0.3, -0.25) is 9.59 Å². The number of quaternary nitrogens is 2. The summed E-state index contributed by atoms with van der Waals surface area (Å²) in [5.41, 5.74) is -3.47. The van der Waals surface area contributed by atoms with Crippen LogP contribution >= 0.6 is 0 Å². The number of carbonyl (C=O) groups excluding carboxylic acids is 2. The highest BCUT2D eigenvalue weighted by Gasteiger charge is 2.41. The molecule has 1 aliphatic carbocycles. The Balaban J connectivity index is 2.22. The van der Waals surface area contributed by atoms with Gasteiger partial charge in [-0.25, -0.2) is 8.78 Å². The number of hydrogen-bond donors (Lipinski definition) is 4. The molecular weight excluding hydrogens is 454 g/mol. The van der Waals surface area contributed by atoms with Crippen molar-refractivity contribution in [3.63, 3.8) is 0 Å². The van der Waals surface area contributed by atoms with Crippen molar-refractivity contribution in [3.05, 3.63) is 56.4 Å². The van der Waals surface area contributed by atoms with Gasteiger partial charge < -0.3 is 40.6 Å². The lowest BCUT2D eigenvalue weighted by Crippen LogP contribution is -2.38. The number of hydrogen-bond acceptors (Lipinski definition) is 8. The zero-order valence-electron chi connectivity index (χ0n) is 19.2. The molecule has 0 heterocycles. The lowest BCUT2D eigenvalue weighted by Gasteiger charge is -2.34. The van der Waals surface area contributed by atoms with Gasteiger partial charge in [0.25, 0.3) is 0 Å². The van der Waals surface area contributed by atoms with Crippen LogP contribution in [0.25, 0.3) is 0 Å². The third-order valence-electron chi connectivity index (χ3n) is 5.36. The molecule has 10 nitrogen and oxygen atoms in total. The lowest BCUT2D eigenvalue weighted by molar-refractivity contribution is -0.838. The van der Waals surface area contributed by atoms with Crippen molar-refractivity contribution in [1.29, 1.82) is 0 Å². The van der Waals surface area contributed by atoms with Crippen LogP contribution in [-0.4, -0.2) is 85.4 Å². The first-order chi connectivity index (χ1) is 15.6. The first-order valence-electron chi connectivity index (χ1n) is 10.4. The zero-order chi connectivity index (χ0) is 25.6. The molecule has 34 heavy (non-hydrogen) atoms. The molecule has 12 heteroatoms. The molecule has 0 saturated heterocycles. The summed E-state index contributed by atoms with van der Waals surface area (Å²) in [4.78, 5) is 26.7. The van der Waals surface area contributed by atoms with Crippen molar-refractivity contribution < 1.29 is 37.9 Å². The number of nitrogens with one attached hydrogen (secondary N) is 2. The molecule has 4 N–H and O–H groups in total. The fourth-order valence-electron chi connectivity index (χ4n) is 3.67. The number of benzene rings is 2. The minimum absolute atomic E-state index is 0.0723. The molecule has 2 aromatic rings. The summed E-state index contributed by atoms with van der Waals surface area (Å²) in [5.74, 6) is -6.22. The van der Waals surface area contributed by atoms with Gasteiger partial charge in [0.05, 0.1) is 88.0 Å². The molecule has 0 bridgehead atoms. The summed E-state index contributed by atoms with van der Waals surface area (Å²) < 4.78 is 28.9. The lowest BCUT2D eigenvalue weighted by atomic mass is 9.81. The van der Waals surface area contributed by atoms with Crippen LogP contribution < -0.4 is 10.6 Å². The van der Waals surface area contributed by atoms with Gasteiger partial charge >= 0.3 is 0 Å². The molecule has 0 amide bonds. The Labute approximate surface area is 194 Å². The number of phenols is 2. The summed E-state index contributed by atoms with van der Waals surface area (Å²) in [6.07, 6.45) is 0. The number of carbonyl (C=O) groups is 2. The molecule has 2 aromatic carbocycles. The highest BCUT2D eigenvalue weighted by Crippen LogP contribution is 2.44. The summed E-state index contributed by atoms with van der Waals surface area (Å²) in [7, 11) is 5.34. The second-order valence-corrected chi connectivity index (χ2v) is 9.09. The van der Waals surface area contributed by atoms with Crippen molar-refractivity contribution in [2.45, 2.75) is 0 Å². The second kappa shape index (κ2) is 8.80. The predicted octanol–water partition coefficient (Wildman–Crippen LogP) is 2.12. The SMILES string of the molecule is C[N+](C)([O-])CCNc1c(F)c(F)c(NCC[N+](C)(C)[O-])c2c1C(=O)c1c(O)ccc(O)c1C2=O. The minimum atomic E-state index is -1.47. The van der Waals surface area contributed by atoms with Crippen LogP contribution in [-0.2, 0) is 0 Å². The van der Waals surface area contributed by atoms with E-state index in [1.165, 1.54) is 28.2 Å². The maximum absolute atomic E-state index is 15.2. The number of anilines is 2. The van der Waals surface area contributed by atoms with Crippen molar-refractivity contribution in [2.75, 3.05) is 65.0 Å². The van der Waals surface area contributed by atoms with E-state index in [-0.39, 0.29) is 26.2 Å². The molecule has 0 atom stereocenters. The van der Waals surface area contributed by atoms with Crippen LogP contribution in [0.3, 0.4) is 0 Å². The van der Waals surface area contributed by atoms with E-state index in [1.54, 1.807) is 0 Å². The van der Waals surface area contributed by atoms with Crippen molar-refractivity contribution in [1.82, 2.24) is 0 Å². The van der Waals surface area contributed by atoms with E-state index in [4.69, 9.17) is 0 Å². The molecule has 0 spiro atoms. The summed E-state index contributed by atoms with van der Waals surface area (Å²) >= 11 is 0. The van der Waals surface area contributed by atoms with Gasteiger partial charge in [0.15, 0.2) is 11.6 Å². The van der Waals surface area contributed by atoms with E-state index >= 15 is 8.78 Å². The predicted molar refractivity (Wildman–Crippen MR) is 121 cm³/mol. The van der Waals surface area contributed by atoms with Gasteiger partial charge in [0.1, 0.15) is 11.5 Å². The van der Waals surface area contributed by atoms with Gasteiger partial charge in [-0.05, 0) is 12.1 Å². The van der Waals surface area contributed by atoms with Gasteiger partial charge in [0, 0.05) is 0 Å². The second-order valence-electron chi connectivity index (χ2n) is 9.09. The molecule has 0 radical (unpaired) electrons. The maximum atomic E-state index is 15.2. The Hall–Kier alpha value is -3.32. The highest BCUT2D eigenvalue weighted by molar-refractivity contribution is 6.33. The fraction of sp³-hybridized carbons (Fsp3) is 0.364. The first-order valence-corrected chi connectivity index (χ1v) is 10.4. The smallest absolute Gasteiger partial charge is 0.200 e. The number of ketones is 2. The molecule has 0 saturated carbocycles. The Kier molecular flexibility index (Phi) is 6.55. The number of fused-ring (bicyclic) bond motifs is 2. The quantitative estimate of drug-likeness (QED) is 0.218. The Morgan fingerprint density at radius 2 is 1.06 bits per heavy atom. The van der Waals surface area contributed by atoms with Gasteiger partial charge in [-0.2, -0.15) is 0 Å². The van der Waals surface area contributed by atoms with Crippen molar-refractivity contribution in [3.8, 4) is 11.5 Å². The van der Waals surface area contributed by atoms with Crippen molar-refractivity contribution >= 4 is 22.9 Å². The number of nitrogens with zero attached hydrogens (tertiary/aromatic N) is 2. The average molecular weight is 480 g/mol. The summed E-state index contributed by atoms with van der Waals surface area (Å²) in [5, 5.41) is 49.2. The molecule has 184 valence electrons. The van der Waals surface area contributed by atoms with E-state index in [2.05, 4.69) is 10.6 Å². The Bertz CT molecular complexity index is 1080. The van der Waals surface area contributed by atoms with Crippen LogP contribution in [0.5, 0.6) is 11.5 Å². The van der Waals surface area contributed by atoms with E-state index < -0.39 is 77.6 Å². The van der Waals surface area contributed by atoms with E-state index in [0.717, 1.165) is 12.1 Å². The monoisotopic (exact) mass is 480 g/mol. The number of aromatic hydroxyl groups is 2. The van der Waals surface area contributed by atoms with Gasteiger partial charge in [-0.1, -0.05) is 0 Å². The first kappa shape index (κ1) is 25.3. The van der Waals surface area contributed by atoms with Crippen LogP contribution in [0.15, 0.2) is 12.1 Å². The maximum Gasteiger partial charge on any atom is 0.200 e. The number of halogens is 2. The highest BCUT2D eigenvalue weighted by atomic mass is 19.2. The molecule has 3 rings (SSSR count). The van der Waals surface area contributed by atoms with Crippen molar-refractivity contribution in [2.24, 2.45) is 0 Å². The molecule has 0 unspecified atom stereocenters. The summed E-state index contributed by atoms with van der Waals surface area (Å²) in [6, 6.07) is 2.00. The third-order valence-corrected chi connectivity index (χ3v) is 5.36. The number of hydroxylamine groups is 6. The number of phenolic OH excluding ortho intramolecular Hbond substituents is 2. The van der Waals surface area contributed by atoms with E-state index in [1.807, 2.05) is 0 Å². The topological polar surface area (TPSA) is 145 Å². The van der Waals surface area contributed by atoms with Crippen LogP contribution in [0, 0.1) is 22.0 Å². The fourth-order valence-corrected chi connectivity index (χ4v) is 3.67. The Morgan fingerprint density at radius 1 is 0.735 bits per heavy atom. The van der Waals surface area contributed by atoms with Gasteiger partial charge in [-0.15, -0.1) is 0 Å². The molecule has 0 aromatic heterocycles. The zero-order valence-corrected chi connectivity index (χ0v) is 19.2. The third kappa shape index (κ3) is 4.80. The Morgan fingerprint density at radius 3 is 1.35 bits per heavy atom.